The Balaban J connectivity index is 1.89. The Labute approximate surface area is 136 Å². The second kappa shape index (κ2) is 8.97. The van der Waals surface area contributed by atoms with Gasteiger partial charge in [0.05, 0.1) is 0 Å². The number of aliphatic carboxylic acids is 1. The topological polar surface area (TPSA) is 67.8 Å². The van der Waals surface area contributed by atoms with Gasteiger partial charge in [-0.3, -0.25) is 4.79 Å². The largest absolute Gasteiger partial charge is 0.489 e. The molecule has 2 aromatic rings. The molecule has 23 heavy (non-hydrogen) atoms. The van der Waals surface area contributed by atoms with E-state index in [4.69, 9.17) is 9.39 Å². The highest BCUT2D eigenvalue weighted by molar-refractivity contribution is 6.24. The van der Waals surface area contributed by atoms with E-state index in [1.807, 2.05) is 54.6 Å². The van der Waals surface area contributed by atoms with Crippen molar-refractivity contribution in [2.75, 3.05) is 7.11 Å². The summed E-state index contributed by atoms with van der Waals surface area (Å²) >= 11 is 0. The van der Waals surface area contributed by atoms with Crippen molar-refractivity contribution in [3.63, 3.8) is 0 Å². The Morgan fingerprint density at radius 3 is 2.43 bits per heavy atom. The van der Waals surface area contributed by atoms with Crippen molar-refractivity contribution in [2.24, 2.45) is 0 Å². The van der Waals surface area contributed by atoms with E-state index in [2.05, 4.69) is 5.23 Å². The van der Waals surface area contributed by atoms with E-state index >= 15 is 0 Å². The molecular formula is C17H20BNO4. The minimum atomic E-state index is -0.897. The first-order valence-corrected chi connectivity index (χ1v) is 7.40. The van der Waals surface area contributed by atoms with Gasteiger partial charge in [0.25, 0.3) is 0 Å². The molecule has 2 aromatic carbocycles. The highest BCUT2D eigenvalue weighted by Crippen LogP contribution is 2.15. The Hall–Kier alpha value is -2.31. The zero-order chi connectivity index (χ0) is 16.5. The van der Waals surface area contributed by atoms with E-state index in [-0.39, 0.29) is 7.62 Å². The number of carboxylic acid groups (broad SMARTS) is 1. The molecule has 0 aliphatic rings. The average Bonchev–Trinajstić information content (AvgIpc) is 2.58. The van der Waals surface area contributed by atoms with Crippen LogP contribution in [0.25, 0.3) is 0 Å². The Morgan fingerprint density at radius 2 is 1.83 bits per heavy atom. The summed E-state index contributed by atoms with van der Waals surface area (Å²) in [6, 6.07) is 16.7. The van der Waals surface area contributed by atoms with E-state index in [1.165, 1.54) is 7.11 Å². The van der Waals surface area contributed by atoms with Crippen LogP contribution in [0, 0.1) is 0 Å². The second-order valence-electron chi connectivity index (χ2n) is 5.15. The van der Waals surface area contributed by atoms with Gasteiger partial charge in [0.15, 0.2) is 0 Å². The third kappa shape index (κ3) is 5.77. The van der Waals surface area contributed by atoms with Crippen LogP contribution in [0.3, 0.4) is 0 Å². The summed E-state index contributed by atoms with van der Waals surface area (Å²) in [5, 5.41) is 12.0. The lowest BCUT2D eigenvalue weighted by Gasteiger charge is -2.13. The van der Waals surface area contributed by atoms with Crippen LogP contribution in [0.15, 0.2) is 54.6 Å². The maximum atomic E-state index is 11.2. The lowest BCUT2D eigenvalue weighted by molar-refractivity contribution is -0.139. The monoisotopic (exact) mass is 313 g/mol. The Bertz CT molecular complexity index is 604. The highest BCUT2D eigenvalue weighted by atomic mass is 16.5. The Kier molecular flexibility index (Phi) is 6.65. The van der Waals surface area contributed by atoms with Crippen molar-refractivity contribution >= 4 is 13.6 Å². The number of carboxylic acids is 1. The quantitative estimate of drug-likeness (QED) is 0.691. The fourth-order valence-corrected chi connectivity index (χ4v) is 2.13. The van der Waals surface area contributed by atoms with Crippen LogP contribution in [-0.4, -0.2) is 31.8 Å². The minimum absolute atomic E-state index is 0.204. The molecule has 0 saturated carbocycles. The van der Waals surface area contributed by atoms with Gasteiger partial charge in [0, 0.05) is 7.11 Å². The fraction of sp³-hybridized carbons (Fsp3) is 0.235. The molecule has 0 heterocycles. The summed E-state index contributed by atoms with van der Waals surface area (Å²) in [5.74, 6) is -0.138. The van der Waals surface area contributed by atoms with Crippen LogP contribution in [-0.2, 0) is 22.5 Å². The summed E-state index contributed by atoms with van der Waals surface area (Å²) < 4.78 is 10.6. The fourth-order valence-electron chi connectivity index (χ4n) is 2.13. The number of nitrogens with one attached hydrogen (secondary N) is 1. The zero-order valence-corrected chi connectivity index (χ0v) is 13.1. The van der Waals surface area contributed by atoms with Gasteiger partial charge in [-0.05, 0) is 29.7 Å². The number of hydrogen-bond acceptors (Lipinski definition) is 4. The normalized spacial score (nSPS) is 11.7. The van der Waals surface area contributed by atoms with Gasteiger partial charge in [0.1, 0.15) is 18.4 Å². The summed E-state index contributed by atoms with van der Waals surface area (Å²) in [6.45, 7) is 0.507. The number of ether oxygens (including phenoxy) is 1. The molecule has 0 amide bonds. The van der Waals surface area contributed by atoms with Crippen molar-refractivity contribution in [2.45, 2.75) is 19.1 Å². The smallest absolute Gasteiger partial charge is 0.361 e. The molecule has 0 aliphatic heterocycles. The van der Waals surface area contributed by atoms with E-state index < -0.39 is 12.0 Å². The zero-order valence-electron chi connectivity index (χ0n) is 13.1. The van der Waals surface area contributed by atoms with Crippen LogP contribution < -0.4 is 9.96 Å². The maximum absolute atomic E-state index is 11.2. The first-order valence-electron chi connectivity index (χ1n) is 7.40. The van der Waals surface area contributed by atoms with Crippen LogP contribution >= 0.6 is 0 Å². The van der Waals surface area contributed by atoms with E-state index in [0.717, 1.165) is 16.9 Å². The molecule has 0 aliphatic carbocycles. The SMILES string of the molecule is COBNC(Cc1ccc(OCc2ccccc2)cc1)C(=O)O. The van der Waals surface area contributed by atoms with Crippen LogP contribution in [0.5, 0.6) is 5.75 Å². The third-order valence-electron chi connectivity index (χ3n) is 3.38. The molecule has 0 radical (unpaired) electrons. The summed E-state index contributed by atoms with van der Waals surface area (Å²) in [4.78, 5) is 11.2. The molecule has 0 bridgehead atoms. The van der Waals surface area contributed by atoms with Crippen LogP contribution in [0.4, 0.5) is 0 Å². The minimum Gasteiger partial charge on any atom is -0.489 e. The van der Waals surface area contributed by atoms with Gasteiger partial charge < -0.3 is 19.7 Å². The van der Waals surface area contributed by atoms with Gasteiger partial charge in [-0.25, -0.2) is 0 Å². The molecule has 0 fully saturated rings. The number of benzene rings is 2. The molecular weight excluding hydrogens is 293 g/mol. The lowest BCUT2D eigenvalue weighted by Crippen LogP contribution is -2.41. The number of hydrogen-bond donors (Lipinski definition) is 2. The van der Waals surface area contributed by atoms with E-state index in [9.17, 15) is 9.90 Å². The molecule has 6 heteroatoms. The first kappa shape index (κ1) is 17.1. The van der Waals surface area contributed by atoms with Crippen LogP contribution in [0.2, 0.25) is 0 Å². The summed E-state index contributed by atoms with van der Waals surface area (Å²) in [6.07, 6.45) is 0.387. The first-order chi connectivity index (χ1) is 11.2. The predicted molar refractivity (Wildman–Crippen MR) is 89.6 cm³/mol. The maximum Gasteiger partial charge on any atom is 0.361 e. The lowest BCUT2D eigenvalue weighted by atomic mass is 10.0. The predicted octanol–water partition coefficient (Wildman–Crippen LogP) is 1.76. The summed E-state index contributed by atoms with van der Waals surface area (Å²) in [5.41, 5.74) is 2.03. The van der Waals surface area contributed by atoms with E-state index in [1.54, 1.807) is 0 Å². The third-order valence-corrected chi connectivity index (χ3v) is 3.38. The Morgan fingerprint density at radius 1 is 1.13 bits per heavy atom. The van der Waals surface area contributed by atoms with Gasteiger partial charge in [-0.15, -0.1) is 0 Å². The molecule has 1 unspecified atom stereocenters. The highest BCUT2D eigenvalue weighted by Gasteiger charge is 2.17. The summed E-state index contributed by atoms with van der Waals surface area (Å²) in [7, 11) is 1.72. The molecule has 2 rings (SSSR count). The molecule has 0 aromatic heterocycles. The van der Waals surface area contributed by atoms with Crippen molar-refractivity contribution in [3.05, 3.63) is 65.7 Å². The molecule has 0 saturated heterocycles. The van der Waals surface area contributed by atoms with Gasteiger partial charge in [-0.2, -0.15) is 0 Å². The molecule has 0 spiro atoms. The van der Waals surface area contributed by atoms with E-state index in [0.29, 0.717) is 13.0 Å². The van der Waals surface area contributed by atoms with Crippen molar-refractivity contribution in [1.29, 1.82) is 0 Å². The molecule has 120 valence electrons. The molecule has 2 N–H and O–H groups in total. The standard InChI is InChI=1S/C17H20BNO4/c1-22-18-19-16(17(20)21)11-13-7-9-15(10-8-13)23-12-14-5-3-2-4-6-14/h2-10,16,18-19H,11-12H2,1H3,(H,20,21). The second-order valence-corrected chi connectivity index (χ2v) is 5.15. The molecule has 1 atom stereocenters. The van der Waals surface area contributed by atoms with Crippen molar-refractivity contribution in [3.8, 4) is 5.75 Å². The van der Waals surface area contributed by atoms with Gasteiger partial charge in [-0.1, -0.05) is 42.5 Å². The van der Waals surface area contributed by atoms with Gasteiger partial charge >= 0.3 is 13.6 Å². The number of rotatable bonds is 9. The number of carbonyl (C=O) groups is 1. The molecule has 5 nitrogen and oxygen atoms in total. The van der Waals surface area contributed by atoms with Crippen LogP contribution in [0.1, 0.15) is 11.1 Å². The van der Waals surface area contributed by atoms with Crippen molar-refractivity contribution < 1.29 is 19.3 Å². The average molecular weight is 313 g/mol. The van der Waals surface area contributed by atoms with Crippen molar-refractivity contribution in [1.82, 2.24) is 5.23 Å². The van der Waals surface area contributed by atoms with Gasteiger partial charge in [0.2, 0.25) is 0 Å².